The van der Waals surface area contributed by atoms with Crippen molar-refractivity contribution in [2.24, 2.45) is 0 Å². The van der Waals surface area contributed by atoms with E-state index >= 15 is 0 Å². The lowest BCUT2D eigenvalue weighted by molar-refractivity contribution is 1.05. The second-order valence-electron chi connectivity index (χ2n) is 12.8. The summed E-state index contributed by atoms with van der Waals surface area (Å²) >= 11 is 3.87. The van der Waals surface area contributed by atoms with Crippen molar-refractivity contribution in [1.82, 2.24) is 19.1 Å². The first kappa shape index (κ1) is 29.6. The molecule has 51 heavy (non-hydrogen) atoms. The Morgan fingerprint density at radius 2 is 0.922 bits per heavy atom. The molecule has 0 radical (unpaired) electrons. The molecule has 0 saturated carbocycles. The standard InChI is InChI=1S/C46H29BrN4/c47-34-25-33(26-35(28-34)50-41-20-10-7-17-36(41)37-18-8-11-21-42(37)50)40-29-45(49-46(48-40)31-15-5-2-6-16-31)51-43-22-12-9-19-38(43)39-27-32(23-24-44(39)51)30-13-3-1-4-14-30/h1-29H. The molecule has 0 spiro atoms. The average molecular weight is 718 g/mol. The lowest BCUT2D eigenvalue weighted by atomic mass is 10.0. The number of hydrogen-bond acceptors (Lipinski definition) is 2. The Morgan fingerprint density at radius 3 is 1.59 bits per heavy atom. The predicted octanol–water partition coefficient (Wildman–Crippen LogP) is 12.4. The lowest BCUT2D eigenvalue weighted by Crippen LogP contribution is -2.03. The van der Waals surface area contributed by atoms with E-state index in [0.717, 1.165) is 54.9 Å². The van der Waals surface area contributed by atoms with Gasteiger partial charge in [0.25, 0.3) is 0 Å². The van der Waals surface area contributed by atoms with E-state index < -0.39 is 0 Å². The van der Waals surface area contributed by atoms with Crippen LogP contribution in [0.5, 0.6) is 0 Å². The molecule has 3 heterocycles. The summed E-state index contributed by atoms with van der Waals surface area (Å²) in [6.45, 7) is 0. The van der Waals surface area contributed by atoms with Crippen molar-refractivity contribution in [2.75, 3.05) is 0 Å². The van der Waals surface area contributed by atoms with Crippen LogP contribution in [0.4, 0.5) is 0 Å². The van der Waals surface area contributed by atoms with Crippen LogP contribution in [0.2, 0.25) is 0 Å². The van der Waals surface area contributed by atoms with Gasteiger partial charge in [0.1, 0.15) is 5.82 Å². The van der Waals surface area contributed by atoms with E-state index in [2.05, 4.69) is 183 Å². The van der Waals surface area contributed by atoms with Gasteiger partial charge in [-0.2, -0.15) is 0 Å². The highest BCUT2D eigenvalue weighted by Crippen LogP contribution is 2.38. The molecule has 4 nitrogen and oxygen atoms in total. The third kappa shape index (κ3) is 4.97. The third-order valence-corrected chi connectivity index (χ3v) is 10.2. The lowest BCUT2D eigenvalue weighted by Gasteiger charge is -2.14. The van der Waals surface area contributed by atoms with Crippen molar-refractivity contribution in [1.29, 1.82) is 0 Å². The number of para-hydroxylation sites is 3. The van der Waals surface area contributed by atoms with Crippen molar-refractivity contribution in [3.8, 4) is 45.3 Å². The van der Waals surface area contributed by atoms with Crippen LogP contribution < -0.4 is 0 Å². The number of aromatic nitrogens is 4. The highest BCUT2D eigenvalue weighted by atomic mass is 79.9. The molecule has 0 unspecified atom stereocenters. The zero-order valence-electron chi connectivity index (χ0n) is 27.4. The van der Waals surface area contributed by atoms with Gasteiger partial charge in [-0.25, -0.2) is 9.97 Å². The van der Waals surface area contributed by atoms with Crippen LogP contribution in [0.15, 0.2) is 180 Å². The van der Waals surface area contributed by atoms with E-state index in [1.165, 1.54) is 32.7 Å². The fourth-order valence-corrected chi connectivity index (χ4v) is 7.98. The van der Waals surface area contributed by atoms with Gasteiger partial charge >= 0.3 is 0 Å². The average Bonchev–Trinajstić information content (AvgIpc) is 3.71. The molecule has 0 aliphatic carbocycles. The zero-order chi connectivity index (χ0) is 33.9. The Labute approximate surface area is 303 Å². The fraction of sp³-hybridized carbons (Fsp3) is 0. The number of fused-ring (bicyclic) bond motifs is 6. The summed E-state index contributed by atoms with van der Waals surface area (Å²) in [5, 5.41) is 4.83. The van der Waals surface area contributed by atoms with Gasteiger partial charge in [-0.05, 0) is 59.7 Å². The smallest absolute Gasteiger partial charge is 0.162 e. The van der Waals surface area contributed by atoms with Crippen molar-refractivity contribution < 1.29 is 0 Å². The number of halogens is 1. The van der Waals surface area contributed by atoms with E-state index in [1.54, 1.807) is 0 Å². The molecule has 0 saturated heterocycles. The summed E-state index contributed by atoms with van der Waals surface area (Å²) in [6, 6.07) is 62.0. The maximum absolute atomic E-state index is 5.26. The van der Waals surface area contributed by atoms with E-state index in [0.29, 0.717) is 5.82 Å². The molecule has 0 fully saturated rings. The molecule has 0 atom stereocenters. The van der Waals surface area contributed by atoms with Gasteiger partial charge in [-0.3, -0.25) is 4.57 Å². The van der Waals surface area contributed by atoms with Crippen LogP contribution >= 0.6 is 15.9 Å². The molecular formula is C46H29BrN4. The van der Waals surface area contributed by atoms with Crippen molar-refractivity contribution in [3.63, 3.8) is 0 Å². The normalized spacial score (nSPS) is 11.6. The second-order valence-corrected chi connectivity index (χ2v) is 13.7. The van der Waals surface area contributed by atoms with Crippen LogP contribution in [0.1, 0.15) is 0 Å². The van der Waals surface area contributed by atoms with Crippen LogP contribution in [-0.2, 0) is 0 Å². The summed E-state index contributed by atoms with van der Waals surface area (Å²) in [4.78, 5) is 10.5. The van der Waals surface area contributed by atoms with Crippen molar-refractivity contribution in [2.45, 2.75) is 0 Å². The molecule has 7 aromatic carbocycles. The second kappa shape index (κ2) is 11.9. The minimum absolute atomic E-state index is 0.674. The largest absolute Gasteiger partial charge is 0.309 e. The summed E-state index contributed by atoms with van der Waals surface area (Å²) in [5.41, 5.74) is 10.8. The van der Waals surface area contributed by atoms with Gasteiger partial charge < -0.3 is 4.57 Å². The Balaban J connectivity index is 1.22. The predicted molar refractivity (Wildman–Crippen MR) is 215 cm³/mol. The van der Waals surface area contributed by atoms with E-state index in [9.17, 15) is 0 Å². The molecular weight excluding hydrogens is 688 g/mol. The third-order valence-electron chi connectivity index (χ3n) is 9.77. The van der Waals surface area contributed by atoms with Gasteiger partial charge in [0.05, 0.1) is 27.8 Å². The minimum atomic E-state index is 0.674. The first-order valence-corrected chi connectivity index (χ1v) is 17.8. The van der Waals surface area contributed by atoms with Crippen molar-refractivity contribution in [3.05, 3.63) is 180 Å². The Hall–Kier alpha value is -6.30. The van der Waals surface area contributed by atoms with E-state index in [1.807, 2.05) is 18.2 Å². The molecule has 0 amide bonds. The maximum atomic E-state index is 5.26. The first-order valence-electron chi connectivity index (χ1n) is 17.0. The van der Waals surface area contributed by atoms with Crippen LogP contribution in [0, 0.1) is 0 Å². The molecule has 0 aliphatic heterocycles. The number of hydrogen-bond donors (Lipinski definition) is 0. The molecule has 0 N–H and O–H groups in total. The summed E-state index contributed by atoms with van der Waals surface area (Å²) in [7, 11) is 0. The molecule has 0 aliphatic rings. The van der Waals surface area contributed by atoms with E-state index in [-0.39, 0.29) is 0 Å². The summed E-state index contributed by atoms with van der Waals surface area (Å²) in [5.74, 6) is 1.49. The van der Waals surface area contributed by atoms with Gasteiger partial charge in [-0.1, -0.05) is 137 Å². The number of nitrogens with zero attached hydrogens (tertiary/aromatic N) is 4. The number of rotatable bonds is 5. The summed E-state index contributed by atoms with van der Waals surface area (Å²) < 4.78 is 5.60. The van der Waals surface area contributed by atoms with Crippen molar-refractivity contribution >= 4 is 59.5 Å². The molecule has 240 valence electrons. The van der Waals surface area contributed by atoms with Crippen LogP contribution in [0.25, 0.3) is 88.9 Å². The van der Waals surface area contributed by atoms with Gasteiger partial charge in [0, 0.05) is 48.9 Å². The Morgan fingerprint density at radius 1 is 0.373 bits per heavy atom. The minimum Gasteiger partial charge on any atom is -0.309 e. The van der Waals surface area contributed by atoms with Gasteiger partial charge in [0.2, 0.25) is 0 Å². The quantitative estimate of drug-likeness (QED) is 0.178. The molecule has 10 aromatic rings. The van der Waals surface area contributed by atoms with Gasteiger partial charge in [-0.15, -0.1) is 0 Å². The molecule has 0 bridgehead atoms. The molecule has 3 aromatic heterocycles. The summed E-state index contributed by atoms with van der Waals surface area (Å²) in [6.07, 6.45) is 0. The SMILES string of the molecule is Brc1cc(-c2cc(-n3c4ccccc4c4cc(-c5ccccc5)ccc43)nc(-c3ccccc3)n2)cc(-n2c3ccccc3c3ccccc32)c1. The van der Waals surface area contributed by atoms with Gasteiger partial charge in [0.15, 0.2) is 5.82 Å². The van der Waals surface area contributed by atoms with Crippen LogP contribution in [0.3, 0.4) is 0 Å². The monoisotopic (exact) mass is 716 g/mol. The Bertz CT molecular complexity index is 2870. The first-order chi connectivity index (χ1) is 25.2. The van der Waals surface area contributed by atoms with E-state index in [4.69, 9.17) is 9.97 Å². The maximum Gasteiger partial charge on any atom is 0.162 e. The Kier molecular flexibility index (Phi) is 6.93. The fourth-order valence-electron chi connectivity index (χ4n) is 7.49. The molecule has 5 heteroatoms. The van der Waals surface area contributed by atoms with Crippen LogP contribution in [-0.4, -0.2) is 19.1 Å². The topological polar surface area (TPSA) is 35.6 Å². The highest BCUT2D eigenvalue weighted by molar-refractivity contribution is 9.10. The number of benzene rings is 7. The zero-order valence-corrected chi connectivity index (χ0v) is 29.0. The highest BCUT2D eigenvalue weighted by Gasteiger charge is 2.19. The molecule has 10 rings (SSSR count).